The van der Waals surface area contributed by atoms with Crippen molar-refractivity contribution in [1.29, 1.82) is 0 Å². The van der Waals surface area contributed by atoms with Crippen LogP contribution in [-0.2, 0) is 9.47 Å². The van der Waals surface area contributed by atoms with Gasteiger partial charge in [-0.1, -0.05) is 18.2 Å². The number of carbonyl (C=O) groups is 1. The highest BCUT2D eigenvalue weighted by Crippen LogP contribution is 2.13. The van der Waals surface area contributed by atoms with Crippen LogP contribution < -0.4 is 4.74 Å². The zero-order valence-electron chi connectivity index (χ0n) is 9.30. The first-order chi connectivity index (χ1) is 7.76. The maximum absolute atomic E-state index is 10.6. The molecule has 0 radical (unpaired) electrons. The smallest absolute Gasteiger partial charge is 0.497 e. The van der Waals surface area contributed by atoms with Crippen LogP contribution in [0.5, 0.6) is 5.75 Å². The average Bonchev–Trinajstić information content (AvgIpc) is 2.34. The third-order valence-corrected chi connectivity index (χ3v) is 1.87. The van der Waals surface area contributed by atoms with Gasteiger partial charge in [-0.05, 0) is 23.8 Å². The Morgan fingerprint density at radius 1 is 1.38 bits per heavy atom. The molecule has 0 bridgehead atoms. The van der Waals surface area contributed by atoms with Crippen molar-refractivity contribution in [3.63, 3.8) is 0 Å². The minimum Gasteiger partial charge on any atom is -0.497 e. The van der Waals surface area contributed by atoms with Gasteiger partial charge in [-0.2, -0.15) is 0 Å². The first-order valence-corrected chi connectivity index (χ1v) is 4.77. The highest BCUT2D eigenvalue weighted by atomic mass is 16.7. The minimum atomic E-state index is -0.685. The van der Waals surface area contributed by atoms with E-state index in [1.165, 1.54) is 7.11 Å². The Kier molecular flexibility index (Phi) is 4.92. The molecule has 0 aliphatic rings. The summed E-state index contributed by atoms with van der Waals surface area (Å²) in [7, 11) is 2.89. The topological polar surface area (TPSA) is 44.8 Å². The van der Waals surface area contributed by atoms with Crippen molar-refractivity contribution in [1.82, 2.24) is 0 Å². The fraction of sp³-hybridized carbons (Fsp3) is 0.250. The van der Waals surface area contributed by atoms with E-state index in [9.17, 15) is 4.79 Å². The molecule has 0 saturated carbocycles. The lowest BCUT2D eigenvalue weighted by atomic mass is 10.2. The van der Waals surface area contributed by atoms with Gasteiger partial charge < -0.3 is 14.2 Å². The highest BCUT2D eigenvalue weighted by Gasteiger charge is 1.96. The van der Waals surface area contributed by atoms with Crippen molar-refractivity contribution in [2.75, 3.05) is 20.8 Å². The zero-order chi connectivity index (χ0) is 11.8. The van der Waals surface area contributed by atoms with E-state index in [1.54, 1.807) is 13.2 Å². The molecule has 0 aliphatic carbocycles. The molecule has 1 aromatic carbocycles. The van der Waals surface area contributed by atoms with Gasteiger partial charge in [0, 0.05) is 0 Å². The minimum absolute atomic E-state index is 0.184. The van der Waals surface area contributed by atoms with Gasteiger partial charge in [-0.15, -0.1) is 0 Å². The van der Waals surface area contributed by atoms with E-state index in [2.05, 4.69) is 4.74 Å². The largest absolute Gasteiger partial charge is 0.508 e. The standard InChI is InChI=1S/C12H14O4/c1-14-11-7-3-5-10(9-11)6-4-8-16-12(13)15-2/h3-7,9H,8H2,1-2H3. The summed E-state index contributed by atoms with van der Waals surface area (Å²) in [4.78, 5) is 10.6. The molecule has 0 N–H and O–H groups in total. The molecule has 0 unspecified atom stereocenters. The molecule has 0 aromatic heterocycles. The van der Waals surface area contributed by atoms with Crippen molar-refractivity contribution in [2.45, 2.75) is 0 Å². The molecular formula is C12H14O4. The lowest BCUT2D eigenvalue weighted by Gasteiger charge is -2.00. The van der Waals surface area contributed by atoms with Crippen LogP contribution in [0.15, 0.2) is 30.3 Å². The van der Waals surface area contributed by atoms with E-state index in [0.717, 1.165) is 11.3 Å². The third kappa shape index (κ3) is 4.04. The maximum Gasteiger partial charge on any atom is 0.508 e. The molecule has 86 valence electrons. The van der Waals surface area contributed by atoms with Gasteiger partial charge in [0.2, 0.25) is 0 Å². The third-order valence-electron chi connectivity index (χ3n) is 1.87. The summed E-state index contributed by atoms with van der Waals surface area (Å²) in [5, 5.41) is 0. The predicted octanol–water partition coefficient (Wildman–Crippen LogP) is 2.49. The van der Waals surface area contributed by atoms with Crippen LogP contribution in [0, 0.1) is 0 Å². The van der Waals surface area contributed by atoms with Crippen LogP contribution in [0.1, 0.15) is 5.56 Å². The summed E-state index contributed by atoms with van der Waals surface area (Å²) in [5.74, 6) is 0.788. The van der Waals surface area contributed by atoms with Crippen LogP contribution in [0.4, 0.5) is 4.79 Å². The molecule has 0 atom stereocenters. The summed E-state index contributed by atoms with van der Waals surface area (Å²) < 4.78 is 14.1. The Morgan fingerprint density at radius 2 is 2.19 bits per heavy atom. The van der Waals surface area contributed by atoms with Gasteiger partial charge in [0.1, 0.15) is 12.4 Å². The van der Waals surface area contributed by atoms with Gasteiger partial charge >= 0.3 is 6.16 Å². The molecule has 0 heterocycles. The number of hydrogen-bond acceptors (Lipinski definition) is 4. The SMILES string of the molecule is COC(=O)OCC=Cc1cccc(OC)c1. The van der Waals surface area contributed by atoms with Gasteiger partial charge in [0.05, 0.1) is 14.2 Å². The molecule has 1 aromatic rings. The molecular weight excluding hydrogens is 208 g/mol. The number of benzene rings is 1. The summed E-state index contributed by atoms with van der Waals surface area (Å²) >= 11 is 0. The summed E-state index contributed by atoms with van der Waals surface area (Å²) in [6.07, 6.45) is 2.88. The Labute approximate surface area is 94.4 Å². The lowest BCUT2D eigenvalue weighted by Crippen LogP contribution is -2.03. The number of hydrogen-bond donors (Lipinski definition) is 0. The molecule has 0 amide bonds. The fourth-order valence-electron chi connectivity index (χ4n) is 1.10. The Hall–Kier alpha value is -1.97. The average molecular weight is 222 g/mol. The fourth-order valence-corrected chi connectivity index (χ4v) is 1.10. The van der Waals surface area contributed by atoms with Crippen LogP contribution >= 0.6 is 0 Å². The quantitative estimate of drug-likeness (QED) is 0.734. The molecule has 16 heavy (non-hydrogen) atoms. The summed E-state index contributed by atoms with van der Waals surface area (Å²) in [6.45, 7) is 0.184. The summed E-state index contributed by atoms with van der Waals surface area (Å²) in [5.41, 5.74) is 0.979. The lowest BCUT2D eigenvalue weighted by molar-refractivity contribution is 0.0819. The van der Waals surface area contributed by atoms with Gasteiger partial charge in [0.15, 0.2) is 0 Å². The Morgan fingerprint density at radius 3 is 2.88 bits per heavy atom. The van der Waals surface area contributed by atoms with Crippen LogP contribution in [0.3, 0.4) is 0 Å². The number of ether oxygens (including phenoxy) is 3. The first-order valence-electron chi connectivity index (χ1n) is 4.77. The van der Waals surface area contributed by atoms with E-state index >= 15 is 0 Å². The molecule has 0 spiro atoms. The summed E-state index contributed by atoms with van der Waals surface area (Å²) in [6, 6.07) is 7.56. The highest BCUT2D eigenvalue weighted by molar-refractivity contribution is 5.60. The van der Waals surface area contributed by atoms with Crippen LogP contribution in [-0.4, -0.2) is 27.0 Å². The van der Waals surface area contributed by atoms with Crippen molar-refractivity contribution in [3.8, 4) is 5.75 Å². The van der Waals surface area contributed by atoms with E-state index in [0.29, 0.717) is 0 Å². The molecule has 1 rings (SSSR count). The Balaban J connectivity index is 2.46. The number of rotatable bonds is 4. The van der Waals surface area contributed by atoms with E-state index < -0.39 is 6.16 Å². The normalized spacial score (nSPS) is 10.1. The predicted molar refractivity (Wildman–Crippen MR) is 60.4 cm³/mol. The molecule has 0 saturated heterocycles. The number of methoxy groups -OCH3 is 2. The molecule has 4 nitrogen and oxygen atoms in total. The molecule has 0 aliphatic heterocycles. The van der Waals surface area contributed by atoms with Crippen molar-refractivity contribution >= 4 is 12.2 Å². The second-order valence-corrected chi connectivity index (χ2v) is 2.94. The maximum atomic E-state index is 10.6. The molecule has 0 fully saturated rings. The van der Waals surface area contributed by atoms with Crippen molar-refractivity contribution in [3.05, 3.63) is 35.9 Å². The number of carbonyl (C=O) groups excluding carboxylic acids is 1. The van der Waals surface area contributed by atoms with E-state index in [4.69, 9.17) is 9.47 Å². The van der Waals surface area contributed by atoms with E-state index in [-0.39, 0.29) is 6.61 Å². The van der Waals surface area contributed by atoms with Crippen molar-refractivity contribution < 1.29 is 19.0 Å². The van der Waals surface area contributed by atoms with Gasteiger partial charge in [-0.3, -0.25) is 0 Å². The Bertz CT molecular complexity index is 371. The van der Waals surface area contributed by atoms with Gasteiger partial charge in [-0.25, -0.2) is 4.79 Å². The van der Waals surface area contributed by atoms with Crippen molar-refractivity contribution in [2.24, 2.45) is 0 Å². The molecule has 4 heteroatoms. The zero-order valence-corrected chi connectivity index (χ0v) is 9.30. The first kappa shape index (κ1) is 12.1. The van der Waals surface area contributed by atoms with E-state index in [1.807, 2.05) is 30.3 Å². The van der Waals surface area contributed by atoms with Gasteiger partial charge in [0.25, 0.3) is 0 Å². The van der Waals surface area contributed by atoms with Crippen LogP contribution in [0.25, 0.3) is 6.08 Å². The second kappa shape index (κ2) is 6.50. The second-order valence-electron chi connectivity index (χ2n) is 2.94. The monoisotopic (exact) mass is 222 g/mol. The van der Waals surface area contributed by atoms with Crippen LogP contribution in [0.2, 0.25) is 0 Å².